The molecule has 5 nitrogen and oxygen atoms in total. The van der Waals surface area contributed by atoms with Crippen LogP contribution < -0.4 is 0 Å². The summed E-state index contributed by atoms with van der Waals surface area (Å²) in [5.74, 6) is -0.283. The molecule has 0 aliphatic carbocycles. The van der Waals surface area contributed by atoms with E-state index >= 15 is 0 Å². The number of carbonyl (C=O) groups is 2. The molecule has 2 aromatic carbocycles. The van der Waals surface area contributed by atoms with Gasteiger partial charge in [-0.25, -0.2) is 4.79 Å². The largest absolute Gasteiger partial charge is 0.463 e. The number of ether oxygens (including phenoxy) is 2. The van der Waals surface area contributed by atoms with Gasteiger partial charge in [0, 0.05) is 6.54 Å². The van der Waals surface area contributed by atoms with Crippen LogP contribution in [0.3, 0.4) is 0 Å². The lowest BCUT2D eigenvalue weighted by Gasteiger charge is -2.26. The molecule has 0 saturated carbocycles. The van der Waals surface area contributed by atoms with E-state index in [-0.39, 0.29) is 31.6 Å². The lowest BCUT2D eigenvalue weighted by atomic mass is 10.1. The Hall–Kier alpha value is -2.82. The number of carbonyl (C=O) groups excluding carboxylic acids is 2. The molecule has 0 spiro atoms. The van der Waals surface area contributed by atoms with Gasteiger partial charge in [0.05, 0.1) is 12.5 Å². The van der Waals surface area contributed by atoms with Crippen molar-refractivity contribution in [1.29, 1.82) is 0 Å². The van der Waals surface area contributed by atoms with Crippen molar-refractivity contribution in [2.24, 2.45) is 0 Å². The predicted molar refractivity (Wildman–Crippen MR) is 88.0 cm³/mol. The van der Waals surface area contributed by atoms with E-state index in [1.165, 1.54) is 0 Å². The van der Waals surface area contributed by atoms with Crippen molar-refractivity contribution in [3.63, 3.8) is 0 Å². The van der Waals surface area contributed by atoms with E-state index in [2.05, 4.69) is 0 Å². The zero-order valence-electron chi connectivity index (χ0n) is 13.3. The zero-order valence-corrected chi connectivity index (χ0v) is 13.3. The highest BCUT2D eigenvalue weighted by Gasteiger charge is 2.33. The summed E-state index contributed by atoms with van der Waals surface area (Å²) in [7, 11) is 0. The van der Waals surface area contributed by atoms with E-state index in [4.69, 9.17) is 9.47 Å². The predicted octanol–water partition coefficient (Wildman–Crippen LogP) is 3.14. The highest BCUT2D eigenvalue weighted by molar-refractivity contribution is 5.75. The SMILES string of the molecule is O=C1CC(N(Cc2ccccc2)C(=O)OCc2ccccc2)CO1. The number of benzene rings is 2. The van der Waals surface area contributed by atoms with E-state index < -0.39 is 6.09 Å². The number of esters is 1. The van der Waals surface area contributed by atoms with Gasteiger partial charge < -0.3 is 9.47 Å². The number of nitrogens with zero attached hydrogens (tertiary/aromatic N) is 1. The van der Waals surface area contributed by atoms with Crippen LogP contribution in [0.5, 0.6) is 0 Å². The van der Waals surface area contributed by atoms with Gasteiger partial charge >= 0.3 is 12.1 Å². The molecular formula is C19H19NO4. The van der Waals surface area contributed by atoms with E-state index in [0.29, 0.717) is 6.54 Å². The fourth-order valence-corrected chi connectivity index (χ4v) is 2.62. The average molecular weight is 325 g/mol. The van der Waals surface area contributed by atoms with E-state index in [9.17, 15) is 9.59 Å². The second kappa shape index (κ2) is 7.64. The number of rotatable bonds is 5. The van der Waals surface area contributed by atoms with Gasteiger partial charge in [0.15, 0.2) is 0 Å². The lowest BCUT2D eigenvalue weighted by Crippen LogP contribution is -2.40. The quantitative estimate of drug-likeness (QED) is 0.793. The van der Waals surface area contributed by atoms with Gasteiger partial charge in [0.2, 0.25) is 0 Å². The lowest BCUT2D eigenvalue weighted by molar-refractivity contribution is -0.137. The fraction of sp³-hybridized carbons (Fsp3) is 0.263. The average Bonchev–Trinajstić information content (AvgIpc) is 3.05. The molecule has 1 heterocycles. The molecule has 1 saturated heterocycles. The van der Waals surface area contributed by atoms with Crippen molar-refractivity contribution in [2.45, 2.75) is 25.6 Å². The first kappa shape index (κ1) is 16.1. The highest BCUT2D eigenvalue weighted by atomic mass is 16.6. The number of hydrogen-bond donors (Lipinski definition) is 0. The van der Waals surface area contributed by atoms with Gasteiger partial charge in [-0.15, -0.1) is 0 Å². The van der Waals surface area contributed by atoms with Gasteiger partial charge in [-0.3, -0.25) is 9.69 Å². The Bertz CT molecular complexity index is 687. The first-order chi connectivity index (χ1) is 11.7. The van der Waals surface area contributed by atoms with Crippen LogP contribution in [0, 0.1) is 0 Å². The molecule has 2 aromatic rings. The van der Waals surface area contributed by atoms with Crippen LogP contribution in [0.15, 0.2) is 60.7 Å². The molecule has 3 rings (SSSR count). The Labute approximate surface area is 140 Å². The summed E-state index contributed by atoms with van der Waals surface area (Å²) in [4.78, 5) is 25.5. The summed E-state index contributed by atoms with van der Waals surface area (Å²) >= 11 is 0. The second-order valence-electron chi connectivity index (χ2n) is 5.69. The summed E-state index contributed by atoms with van der Waals surface area (Å²) in [6.45, 7) is 0.800. The molecule has 1 aliphatic rings. The van der Waals surface area contributed by atoms with Crippen molar-refractivity contribution in [3.05, 3.63) is 71.8 Å². The topological polar surface area (TPSA) is 55.8 Å². The van der Waals surface area contributed by atoms with Crippen molar-refractivity contribution in [2.75, 3.05) is 6.61 Å². The van der Waals surface area contributed by atoms with Crippen molar-refractivity contribution >= 4 is 12.1 Å². The summed E-state index contributed by atoms with van der Waals surface area (Å²) in [5, 5.41) is 0. The maximum Gasteiger partial charge on any atom is 0.410 e. The normalized spacial score (nSPS) is 16.5. The van der Waals surface area contributed by atoms with Crippen LogP contribution in [0.1, 0.15) is 17.5 Å². The molecule has 0 N–H and O–H groups in total. The monoisotopic (exact) mass is 325 g/mol. The number of amides is 1. The van der Waals surface area contributed by atoms with Crippen LogP contribution in [-0.2, 0) is 27.4 Å². The smallest absolute Gasteiger partial charge is 0.410 e. The van der Waals surface area contributed by atoms with Crippen LogP contribution in [-0.4, -0.2) is 29.6 Å². The number of hydrogen-bond acceptors (Lipinski definition) is 4. The van der Waals surface area contributed by atoms with Crippen LogP contribution in [0.25, 0.3) is 0 Å². The second-order valence-corrected chi connectivity index (χ2v) is 5.69. The zero-order chi connectivity index (χ0) is 16.8. The summed E-state index contributed by atoms with van der Waals surface area (Å²) in [5.41, 5.74) is 1.90. The third kappa shape index (κ3) is 4.13. The molecule has 124 valence electrons. The minimum absolute atomic E-state index is 0.201. The first-order valence-corrected chi connectivity index (χ1v) is 7.89. The summed E-state index contributed by atoms with van der Waals surface area (Å²) in [6.07, 6.45) is -0.237. The molecule has 1 fully saturated rings. The van der Waals surface area contributed by atoms with Gasteiger partial charge in [-0.2, -0.15) is 0 Å². The van der Waals surface area contributed by atoms with E-state index in [0.717, 1.165) is 11.1 Å². The van der Waals surface area contributed by atoms with Crippen LogP contribution in [0.4, 0.5) is 4.79 Å². The third-order valence-electron chi connectivity index (χ3n) is 3.92. The Balaban J connectivity index is 1.68. The van der Waals surface area contributed by atoms with E-state index in [1.54, 1.807) is 4.90 Å². The number of cyclic esters (lactones) is 1. The molecular weight excluding hydrogens is 306 g/mol. The summed E-state index contributed by atoms with van der Waals surface area (Å²) < 4.78 is 10.4. The highest BCUT2D eigenvalue weighted by Crippen LogP contribution is 2.18. The van der Waals surface area contributed by atoms with Gasteiger partial charge in [-0.05, 0) is 11.1 Å². The molecule has 5 heteroatoms. The first-order valence-electron chi connectivity index (χ1n) is 7.89. The minimum atomic E-state index is -0.439. The molecule has 0 aromatic heterocycles. The maximum atomic E-state index is 12.6. The molecule has 0 radical (unpaired) electrons. The van der Waals surface area contributed by atoms with Crippen LogP contribution >= 0.6 is 0 Å². The van der Waals surface area contributed by atoms with Crippen molar-refractivity contribution in [1.82, 2.24) is 4.90 Å². The maximum absolute atomic E-state index is 12.6. The van der Waals surface area contributed by atoms with Crippen molar-refractivity contribution < 1.29 is 19.1 Å². The molecule has 1 atom stereocenters. The molecule has 0 bridgehead atoms. The third-order valence-corrected chi connectivity index (χ3v) is 3.92. The Morgan fingerprint density at radius 2 is 1.67 bits per heavy atom. The Kier molecular flexibility index (Phi) is 5.11. The van der Waals surface area contributed by atoms with Gasteiger partial charge in [0.25, 0.3) is 0 Å². The molecule has 1 amide bonds. The standard InChI is InChI=1S/C19H19NO4/c21-18-11-17(14-23-18)20(12-15-7-3-1-4-8-15)19(22)24-13-16-9-5-2-6-10-16/h1-10,17H,11-14H2. The molecule has 24 heavy (non-hydrogen) atoms. The van der Waals surface area contributed by atoms with Crippen molar-refractivity contribution in [3.8, 4) is 0 Å². The van der Waals surface area contributed by atoms with Crippen LogP contribution in [0.2, 0.25) is 0 Å². The molecule has 1 unspecified atom stereocenters. The van der Waals surface area contributed by atoms with E-state index in [1.807, 2.05) is 60.7 Å². The van der Waals surface area contributed by atoms with Gasteiger partial charge in [0.1, 0.15) is 13.2 Å². The minimum Gasteiger partial charge on any atom is -0.463 e. The Morgan fingerprint density at radius 1 is 1.04 bits per heavy atom. The van der Waals surface area contributed by atoms with Gasteiger partial charge in [-0.1, -0.05) is 60.7 Å². The Morgan fingerprint density at radius 3 is 2.25 bits per heavy atom. The summed E-state index contributed by atoms with van der Waals surface area (Å²) in [6, 6.07) is 18.8. The fourth-order valence-electron chi connectivity index (χ4n) is 2.62. The molecule has 1 aliphatic heterocycles.